The summed E-state index contributed by atoms with van der Waals surface area (Å²) in [6.07, 6.45) is 0. The number of benzene rings is 1. The second-order valence-electron chi connectivity index (χ2n) is 3.57. The summed E-state index contributed by atoms with van der Waals surface area (Å²) in [6, 6.07) is 5.65. The first kappa shape index (κ1) is 11.3. The lowest BCUT2D eigenvalue weighted by Gasteiger charge is -2.06. The van der Waals surface area contributed by atoms with Gasteiger partial charge in [-0.15, -0.1) is 0 Å². The van der Waals surface area contributed by atoms with Gasteiger partial charge >= 0.3 is 5.97 Å². The largest absolute Gasteiger partial charge is 0.480 e. The van der Waals surface area contributed by atoms with E-state index in [4.69, 9.17) is 4.74 Å². The van der Waals surface area contributed by atoms with Crippen molar-refractivity contribution in [1.29, 1.82) is 0 Å². The van der Waals surface area contributed by atoms with Gasteiger partial charge in [-0.2, -0.15) is 4.98 Å². The van der Waals surface area contributed by atoms with Crippen LogP contribution < -0.4 is 4.74 Å². The minimum absolute atomic E-state index is 0.000651. The number of hydrogen-bond acceptors (Lipinski definition) is 5. The molecule has 0 saturated heterocycles. The van der Waals surface area contributed by atoms with Crippen molar-refractivity contribution in [3.8, 4) is 5.88 Å². The predicted molar refractivity (Wildman–Crippen MR) is 62.2 cm³/mol. The maximum atomic E-state index is 11.4. The Morgan fingerprint density at radius 2 is 2.00 bits per heavy atom. The van der Waals surface area contributed by atoms with Crippen LogP contribution >= 0.6 is 0 Å². The Hall–Kier alpha value is -2.17. The summed E-state index contributed by atoms with van der Waals surface area (Å²) in [5, 5.41) is 0.778. The number of carbonyl (C=O) groups is 1. The van der Waals surface area contributed by atoms with Crippen LogP contribution in [0.15, 0.2) is 18.2 Å². The zero-order valence-electron chi connectivity index (χ0n) is 9.85. The Balaban J connectivity index is 2.70. The topological polar surface area (TPSA) is 61.3 Å². The third-order valence-electron chi connectivity index (χ3n) is 2.38. The molecule has 0 amide bonds. The summed E-state index contributed by atoms with van der Waals surface area (Å²) < 4.78 is 9.75. The van der Waals surface area contributed by atoms with E-state index in [-0.39, 0.29) is 5.82 Å². The summed E-state index contributed by atoms with van der Waals surface area (Å²) in [6.45, 7) is 1.97. The monoisotopic (exact) mass is 232 g/mol. The number of esters is 1. The smallest absolute Gasteiger partial charge is 0.376 e. The van der Waals surface area contributed by atoms with Gasteiger partial charge in [0, 0.05) is 0 Å². The van der Waals surface area contributed by atoms with E-state index in [9.17, 15) is 4.79 Å². The number of nitrogens with zero attached hydrogens (tertiary/aromatic N) is 2. The van der Waals surface area contributed by atoms with Crippen molar-refractivity contribution >= 4 is 16.9 Å². The maximum Gasteiger partial charge on any atom is 0.376 e. The molecule has 1 aromatic heterocycles. The maximum absolute atomic E-state index is 11.4. The highest BCUT2D eigenvalue weighted by molar-refractivity contribution is 5.91. The van der Waals surface area contributed by atoms with Crippen LogP contribution in [-0.4, -0.2) is 30.2 Å². The van der Waals surface area contributed by atoms with Crippen molar-refractivity contribution in [3.63, 3.8) is 0 Å². The van der Waals surface area contributed by atoms with Gasteiger partial charge in [-0.3, -0.25) is 0 Å². The molecule has 5 nitrogen and oxygen atoms in total. The zero-order valence-corrected chi connectivity index (χ0v) is 9.85. The molecule has 0 aliphatic heterocycles. The molecule has 0 radical (unpaired) electrons. The number of hydrogen-bond donors (Lipinski definition) is 0. The lowest BCUT2D eigenvalue weighted by atomic mass is 10.1. The molecule has 1 aromatic carbocycles. The standard InChI is InChI=1S/C12H12N2O3/c1-7-4-5-9-8(6-7)11(16-2)14-10(13-9)12(15)17-3/h4-6H,1-3H3. The van der Waals surface area contributed by atoms with E-state index >= 15 is 0 Å². The number of aryl methyl sites for hydroxylation is 1. The Labute approximate surface area is 98.4 Å². The van der Waals surface area contributed by atoms with E-state index in [1.807, 2.05) is 25.1 Å². The molecule has 0 aliphatic carbocycles. The van der Waals surface area contributed by atoms with E-state index in [0.717, 1.165) is 10.9 Å². The summed E-state index contributed by atoms with van der Waals surface area (Å²) in [5.74, 6) is -0.203. The normalized spacial score (nSPS) is 10.3. The molecule has 0 atom stereocenters. The van der Waals surface area contributed by atoms with Crippen molar-refractivity contribution in [1.82, 2.24) is 9.97 Å². The van der Waals surface area contributed by atoms with Gasteiger partial charge in [0.15, 0.2) is 0 Å². The predicted octanol–water partition coefficient (Wildman–Crippen LogP) is 1.73. The Bertz CT molecular complexity index is 581. The van der Waals surface area contributed by atoms with E-state index in [0.29, 0.717) is 11.4 Å². The number of methoxy groups -OCH3 is 2. The van der Waals surface area contributed by atoms with E-state index in [2.05, 4.69) is 14.7 Å². The molecule has 0 bridgehead atoms. The summed E-state index contributed by atoms with van der Waals surface area (Å²) in [7, 11) is 2.79. The number of ether oxygens (including phenoxy) is 2. The summed E-state index contributed by atoms with van der Waals surface area (Å²) >= 11 is 0. The Morgan fingerprint density at radius 3 is 2.65 bits per heavy atom. The number of carbonyl (C=O) groups excluding carboxylic acids is 1. The minimum atomic E-state index is -0.578. The van der Waals surface area contributed by atoms with Crippen molar-refractivity contribution in [2.75, 3.05) is 14.2 Å². The summed E-state index contributed by atoms with van der Waals surface area (Å²) in [5.41, 5.74) is 1.73. The minimum Gasteiger partial charge on any atom is -0.480 e. The number of rotatable bonds is 2. The van der Waals surface area contributed by atoms with Crippen molar-refractivity contribution in [3.05, 3.63) is 29.6 Å². The molecule has 17 heavy (non-hydrogen) atoms. The van der Waals surface area contributed by atoms with E-state index < -0.39 is 5.97 Å². The Morgan fingerprint density at radius 1 is 1.24 bits per heavy atom. The van der Waals surface area contributed by atoms with Crippen molar-refractivity contribution < 1.29 is 14.3 Å². The highest BCUT2D eigenvalue weighted by Crippen LogP contribution is 2.23. The molecule has 0 unspecified atom stereocenters. The molecule has 0 saturated carbocycles. The molecule has 0 fully saturated rings. The molecule has 0 spiro atoms. The van der Waals surface area contributed by atoms with E-state index in [1.165, 1.54) is 14.2 Å². The third-order valence-corrected chi connectivity index (χ3v) is 2.38. The lowest BCUT2D eigenvalue weighted by molar-refractivity contribution is 0.0586. The molecule has 2 rings (SSSR count). The van der Waals surface area contributed by atoms with Gasteiger partial charge in [0.25, 0.3) is 0 Å². The van der Waals surface area contributed by atoms with Crippen LogP contribution in [-0.2, 0) is 4.74 Å². The van der Waals surface area contributed by atoms with Crippen LogP contribution in [0.2, 0.25) is 0 Å². The highest BCUT2D eigenvalue weighted by atomic mass is 16.5. The van der Waals surface area contributed by atoms with Crippen molar-refractivity contribution in [2.24, 2.45) is 0 Å². The van der Waals surface area contributed by atoms with Crippen LogP contribution in [0.3, 0.4) is 0 Å². The average molecular weight is 232 g/mol. The quantitative estimate of drug-likeness (QED) is 0.738. The molecule has 5 heteroatoms. The van der Waals surface area contributed by atoms with E-state index in [1.54, 1.807) is 0 Å². The van der Waals surface area contributed by atoms with Crippen LogP contribution in [0.4, 0.5) is 0 Å². The zero-order chi connectivity index (χ0) is 12.4. The lowest BCUT2D eigenvalue weighted by Crippen LogP contribution is -2.08. The second kappa shape index (κ2) is 4.37. The molecular weight excluding hydrogens is 220 g/mol. The molecular formula is C12H12N2O3. The van der Waals surface area contributed by atoms with Crippen LogP contribution in [0.5, 0.6) is 5.88 Å². The first-order valence-corrected chi connectivity index (χ1v) is 5.06. The van der Waals surface area contributed by atoms with Gasteiger partial charge in [-0.1, -0.05) is 11.6 Å². The number of fused-ring (bicyclic) bond motifs is 1. The highest BCUT2D eigenvalue weighted by Gasteiger charge is 2.14. The molecule has 1 heterocycles. The van der Waals surface area contributed by atoms with Gasteiger partial charge in [-0.05, 0) is 19.1 Å². The first-order valence-electron chi connectivity index (χ1n) is 5.06. The fraction of sp³-hybridized carbons (Fsp3) is 0.250. The fourth-order valence-corrected chi connectivity index (χ4v) is 1.55. The van der Waals surface area contributed by atoms with Crippen LogP contribution in [0, 0.1) is 6.92 Å². The second-order valence-corrected chi connectivity index (χ2v) is 3.57. The van der Waals surface area contributed by atoms with Gasteiger partial charge < -0.3 is 9.47 Å². The van der Waals surface area contributed by atoms with Crippen LogP contribution in [0.25, 0.3) is 10.9 Å². The fourth-order valence-electron chi connectivity index (χ4n) is 1.55. The van der Waals surface area contributed by atoms with Gasteiger partial charge in [0.1, 0.15) is 0 Å². The molecule has 88 valence electrons. The third kappa shape index (κ3) is 2.04. The molecule has 0 N–H and O–H groups in total. The van der Waals surface area contributed by atoms with Gasteiger partial charge in [0.05, 0.1) is 25.1 Å². The SMILES string of the molecule is COC(=O)c1nc(OC)c2cc(C)ccc2n1. The first-order chi connectivity index (χ1) is 8.15. The Kier molecular flexibility index (Phi) is 2.91. The average Bonchev–Trinajstić information content (AvgIpc) is 2.36. The van der Waals surface area contributed by atoms with Gasteiger partial charge in [0.2, 0.25) is 11.7 Å². The van der Waals surface area contributed by atoms with Crippen molar-refractivity contribution in [2.45, 2.75) is 6.92 Å². The molecule has 2 aromatic rings. The summed E-state index contributed by atoms with van der Waals surface area (Å²) in [4.78, 5) is 19.5. The van der Waals surface area contributed by atoms with Gasteiger partial charge in [-0.25, -0.2) is 9.78 Å². The number of aromatic nitrogens is 2. The van der Waals surface area contributed by atoms with Crippen LogP contribution in [0.1, 0.15) is 16.2 Å². The molecule has 0 aliphatic rings.